The molecule has 1 N–H and O–H groups in total. The minimum absolute atomic E-state index is 0.585. The predicted molar refractivity (Wildman–Crippen MR) is 60.3 cm³/mol. The van der Waals surface area contributed by atoms with Crippen molar-refractivity contribution in [3.05, 3.63) is 23.5 Å². The van der Waals surface area contributed by atoms with E-state index in [9.17, 15) is 0 Å². The quantitative estimate of drug-likeness (QED) is 0.854. The molecule has 0 aromatic carbocycles. The van der Waals surface area contributed by atoms with E-state index >= 15 is 0 Å². The van der Waals surface area contributed by atoms with Gasteiger partial charge < -0.3 is 10.1 Å². The van der Waals surface area contributed by atoms with Crippen LogP contribution in [0.15, 0.2) is 18.5 Å². The third kappa shape index (κ3) is 3.08. The van der Waals surface area contributed by atoms with Crippen LogP contribution in [-0.4, -0.2) is 24.7 Å². The third-order valence-corrected chi connectivity index (χ3v) is 2.97. The van der Waals surface area contributed by atoms with Crippen LogP contribution in [0.3, 0.4) is 0 Å². The minimum Gasteiger partial charge on any atom is -0.492 e. The Morgan fingerprint density at radius 1 is 1.60 bits per heavy atom. The van der Waals surface area contributed by atoms with Crippen molar-refractivity contribution in [1.82, 2.24) is 10.3 Å². The van der Waals surface area contributed by atoms with Gasteiger partial charge >= 0.3 is 0 Å². The van der Waals surface area contributed by atoms with Gasteiger partial charge in [-0.2, -0.15) is 0 Å². The molecule has 1 atom stereocenters. The zero-order valence-corrected chi connectivity index (χ0v) is 9.33. The number of halogens is 1. The number of rotatable bonds is 4. The van der Waals surface area contributed by atoms with Crippen LogP contribution in [-0.2, 0) is 0 Å². The molecule has 0 amide bonds. The van der Waals surface area contributed by atoms with Gasteiger partial charge in [0.2, 0.25) is 0 Å². The van der Waals surface area contributed by atoms with Gasteiger partial charge in [-0.05, 0) is 31.8 Å². The molecule has 0 aliphatic carbocycles. The molecule has 0 bridgehead atoms. The number of nitrogens with zero attached hydrogens (tertiary/aromatic N) is 1. The monoisotopic (exact) mass is 226 g/mol. The molecule has 1 aromatic heterocycles. The summed E-state index contributed by atoms with van der Waals surface area (Å²) >= 11 is 5.92. The molecule has 3 nitrogen and oxygen atoms in total. The maximum absolute atomic E-state index is 5.92. The third-order valence-electron chi connectivity index (χ3n) is 2.68. The molecule has 0 saturated carbocycles. The van der Waals surface area contributed by atoms with Crippen LogP contribution in [0, 0.1) is 5.92 Å². The predicted octanol–water partition coefficient (Wildman–Crippen LogP) is 2.11. The van der Waals surface area contributed by atoms with E-state index in [2.05, 4.69) is 10.3 Å². The van der Waals surface area contributed by atoms with Crippen LogP contribution >= 0.6 is 11.6 Å². The molecule has 1 aliphatic heterocycles. The number of hydrogen-bond acceptors (Lipinski definition) is 3. The van der Waals surface area contributed by atoms with Crippen LogP contribution in [0.4, 0.5) is 0 Å². The second kappa shape index (κ2) is 5.33. The second-order valence-electron chi connectivity index (χ2n) is 3.80. The molecule has 0 radical (unpaired) electrons. The molecule has 1 unspecified atom stereocenters. The maximum Gasteiger partial charge on any atom is 0.140 e. The molecule has 1 aromatic rings. The van der Waals surface area contributed by atoms with Crippen LogP contribution in [0.5, 0.6) is 5.75 Å². The van der Waals surface area contributed by atoms with E-state index in [0.29, 0.717) is 5.02 Å². The van der Waals surface area contributed by atoms with Gasteiger partial charge in [0.05, 0.1) is 6.61 Å². The van der Waals surface area contributed by atoms with Crippen molar-refractivity contribution in [2.45, 2.75) is 12.8 Å². The summed E-state index contributed by atoms with van der Waals surface area (Å²) in [6.07, 6.45) is 5.64. The van der Waals surface area contributed by atoms with E-state index in [-0.39, 0.29) is 0 Å². The molecule has 82 valence electrons. The Bertz CT molecular complexity index is 313. The summed E-state index contributed by atoms with van der Waals surface area (Å²) in [4.78, 5) is 3.91. The normalized spacial score (nSPS) is 20.5. The smallest absolute Gasteiger partial charge is 0.140 e. The summed E-state index contributed by atoms with van der Waals surface area (Å²) in [5.41, 5.74) is 0. The van der Waals surface area contributed by atoms with Gasteiger partial charge in [-0.3, -0.25) is 4.98 Å². The number of aromatic nitrogens is 1. The molecule has 1 aliphatic rings. The molecule has 4 heteroatoms. The summed E-state index contributed by atoms with van der Waals surface area (Å²) < 4.78 is 5.60. The number of pyridine rings is 1. The highest BCUT2D eigenvalue weighted by Gasteiger charge is 2.14. The molecule has 1 saturated heterocycles. The lowest BCUT2D eigenvalue weighted by Crippen LogP contribution is -2.11. The first-order valence-electron chi connectivity index (χ1n) is 5.29. The van der Waals surface area contributed by atoms with Gasteiger partial charge in [-0.1, -0.05) is 11.6 Å². The van der Waals surface area contributed by atoms with E-state index in [4.69, 9.17) is 16.3 Å². The number of hydrogen-bond donors (Lipinski definition) is 1. The second-order valence-corrected chi connectivity index (χ2v) is 4.21. The van der Waals surface area contributed by atoms with Gasteiger partial charge in [0.1, 0.15) is 10.8 Å². The van der Waals surface area contributed by atoms with Gasteiger partial charge in [-0.25, -0.2) is 0 Å². The van der Waals surface area contributed by atoms with Gasteiger partial charge in [0, 0.05) is 18.5 Å². The average molecular weight is 227 g/mol. The number of ether oxygens (including phenoxy) is 1. The molecule has 1 fully saturated rings. The first-order chi connectivity index (χ1) is 7.36. The van der Waals surface area contributed by atoms with E-state index in [1.165, 1.54) is 6.42 Å². The lowest BCUT2D eigenvalue weighted by Gasteiger charge is -2.10. The van der Waals surface area contributed by atoms with Gasteiger partial charge in [0.25, 0.3) is 0 Å². The first-order valence-corrected chi connectivity index (χ1v) is 5.67. The Kier molecular flexibility index (Phi) is 3.80. The Balaban J connectivity index is 1.75. The topological polar surface area (TPSA) is 34.1 Å². The summed E-state index contributed by atoms with van der Waals surface area (Å²) in [5.74, 6) is 1.49. The summed E-state index contributed by atoms with van der Waals surface area (Å²) in [6.45, 7) is 2.99. The fourth-order valence-corrected chi connectivity index (χ4v) is 1.95. The van der Waals surface area contributed by atoms with Crippen molar-refractivity contribution in [2.24, 2.45) is 5.92 Å². The Morgan fingerprint density at radius 2 is 2.53 bits per heavy atom. The van der Waals surface area contributed by atoms with Crippen molar-refractivity contribution in [3.63, 3.8) is 0 Å². The zero-order chi connectivity index (χ0) is 10.5. The summed E-state index contributed by atoms with van der Waals surface area (Å²) in [6, 6.07) is 1.80. The maximum atomic E-state index is 5.92. The van der Waals surface area contributed by atoms with E-state index in [1.54, 1.807) is 18.5 Å². The first kappa shape index (κ1) is 10.7. The standard InChI is InChI=1S/C11H15ClN2O/c12-10-8-14-5-2-11(10)15-6-3-9-1-4-13-7-9/h2,5,8-9,13H,1,3-4,6-7H2. The molecular formula is C11H15ClN2O. The van der Waals surface area contributed by atoms with E-state index in [0.717, 1.165) is 37.8 Å². The Morgan fingerprint density at radius 3 is 3.27 bits per heavy atom. The fraction of sp³-hybridized carbons (Fsp3) is 0.545. The van der Waals surface area contributed by atoms with Crippen LogP contribution in [0.2, 0.25) is 5.02 Å². The molecule has 2 heterocycles. The highest BCUT2D eigenvalue weighted by Crippen LogP contribution is 2.22. The molecular weight excluding hydrogens is 212 g/mol. The van der Waals surface area contributed by atoms with Crippen molar-refractivity contribution in [1.29, 1.82) is 0 Å². The van der Waals surface area contributed by atoms with Crippen molar-refractivity contribution >= 4 is 11.6 Å². The lowest BCUT2D eigenvalue weighted by atomic mass is 10.1. The van der Waals surface area contributed by atoms with Crippen LogP contribution < -0.4 is 10.1 Å². The Labute approximate surface area is 94.8 Å². The summed E-state index contributed by atoms with van der Waals surface area (Å²) in [5, 5.41) is 3.93. The average Bonchev–Trinajstić information content (AvgIpc) is 2.74. The van der Waals surface area contributed by atoms with E-state index in [1.807, 2.05) is 0 Å². The van der Waals surface area contributed by atoms with Crippen molar-refractivity contribution in [3.8, 4) is 5.75 Å². The lowest BCUT2D eigenvalue weighted by molar-refractivity contribution is 0.283. The van der Waals surface area contributed by atoms with Gasteiger partial charge in [0.15, 0.2) is 0 Å². The largest absolute Gasteiger partial charge is 0.492 e. The van der Waals surface area contributed by atoms with Crippen molar-refractivity contribution in [2.75, 3.05) is 19.7 Å². The van der Waals surface area contributed by atoms with Crippen molar-refractivity contribution < 1.29 is 4.74 Å². The zero-order valence-electron chi connectivity index (χ0n) is 8.58. The summed E-state index contributed by atoms with van der Waals surface area (Å²) in [7, 11) is 0. The molecule has 0 spiro atoms. The van der Waals surface area contributed by atoms with Gasteiger partial charge in [-0.15, -0.1) is 0 Å². The number of nitrogens with one attached hydrogen (secondary N) is 1. The minimum atomic E-state index is 0.585. The SMILES string of the molecule is Clc1cnccc1OCCC1CCNC1. The highest BCUT2D eigenvalue weighted by molar-refractivity contribution is 6.31. The molecule has 15 heavy (non-hydrogen) atoms. The fourth-order valence-electron chi connectivity index (χ4n) is 1.78. The van der Waals surface area contributed by atoms with Crippen LogP contribution in [0.25, 0.3) is 0 Å². The Hall–Kier alpha value is -0.800. The van der Waals surface area contributed by atoms with Crippen LogP contribution in [0.1, 0.15) is 12.8 Å². The highest BCUT2D eigenvalue weighted by atomic mass is 35.5. The molecule has 2 rings (SSSR count). The van der Waals surface area contributed by atoms with E-state index < -0.39 is 0 Å².